The zero-order chi connectivity index (χ0) is 20.2. The fourth-order valence-electron chi connectivity index (χ4n) is 3.07. The molecule has 1 aromatic carbocycles. The number of nitrogens with zero attached hydrogens (tertiary/aromatic N) is 1. The van der Waals surface area contributed by atoms with Gasteiger partial charge in [-0.3, -0.25) is 9.59 Å². The molecule has 1 fully saturated rings. The first-order valence-electron chi connectivity index (χ1n) is 9.77. The minimum Gasteiger partial charge on any atom is -0.491 e. The number of aliphatic hydroxyl groups excluding tert-OH is 1. The second-order valence-corrected chi connectivity index (χ2v) is 6.84. The van der Waals surface area contributed by atoms with Gasteiger partial charge in [0.25, 0.3) is 0 Å². The monoisotopic (exact) mass is 387 g/mol. The third kappa shape index (κ3) is 7.96. The lowest BCUT2D eigenvalue weighted by atomic mass is 10.0. The molecule has 1 aliphatic heterocycles. The van der Waals surface area contributed by atoms with Crippen molar-refractivity contribution in [3.8, 4) is 5.75 Å². The van der Waals surface area contributed by atoms with E-state index in [0.29, 0.717) is 31.6 Å². The van der Waals surface area contributed by atoms with E-state index in [2.05, 4.69) is 0 Å². The van der Waals surface area contributed by atoms with Crippen molar-refractivity contribution in [2.45, 2.75) is 50.7 Å². The number of para-hydroxylation sites is 1. The first kappa shape index (κ1) is 21.7. The summed E-state index contributed by atoms with van der Waals surface area (Å²) >= 11 is 0. The number of hydrogen-bond donors (Lipinski definition) is 2. The molecule has 1 amide bonds. The molecule has 2 atom stereocenters. The molecule has 1 saturated heterocycles. The quantitative estimate of drug-likeness (QED) is 0.450. The Kier molecular flexibility index (Phi) is 9.28. The number of aliphatic carboxylic acids is 1. The summed E-state index contributed by atoms with van der Waals surface area (Å²) in [6, 6.07) is 9.27. The predicted octanol–water partition coefficient (Wildman–Crippen LogP) is 3.17. The van der Waals surface area contributed by atoms with Crippen molar-refractivity contribution in [2.75, 3.05) is 13.2 Å². The summed E-state index contributed by atoms with van der Waals surface area (Å²) in [5, 5.41) is 18.8. The molecule has 0 aromatic heterocycles. The SMILES string of the molecule is O=C(O)CCC/C=C\CN1C(=O)CCC[C@@H]1/C=C/C(O)COc1ccccc1. The summed E-state index contributed by atoms with van der Waals surface area (Å²) in [6.07, 6.45) is 10.3. The Morgan fingerprint density at radius 1 is 1.29 bits per heavy atom. The second-order valence-electron chi connectivity index (χ2n) is 6.84. The zero-order valence-electron chi connectivity index (χ0n) is 16.1. The normalized spacial score (nSPS) is 18.7. The van der Waals surface area contributed by atoms with Gasteiger partial charge in [-0.05, 0) is 37.8 Å². The molecule has 2 N–H and O–H groups in total. The number of carboxylic acids is 1. The van der Waals surface area contributed by atoms with Gasteiger partial charge in [-0.25, -0.2) is 0 Å². The van der Waals surface area contributed by atoms with E-state index in [-0.39, 0.29) is 25.0 Å². The molecule has 0 aliphatic carbocycles. The maximum Gasteiger partial charge on any atom is 0.303 e. The summed E-state index contributed by atoms with van der Waals surface area (Å²) < 4.78 is 5.54. The van der Waals surface area contributed by atoms with Crippen LogP contribution < -0.4 is 4.74 Å². The van der Waals surface area contributed by atoms with Crippen LogP contribution in [0.25, 0.3) is 0 Å². The highest BCUT2D eigenvalue weighted by molar-refractivity contribution is 5.77. The Morgan fingerprint density at radius 2 is 2.07 bits per heavy atom. The highest BCUT2D eigenvalue weighted by atomic mass is 16.5. The molecule has 1 heterocycles. The molecule has 0 radical (unpaired) electrons. The molecule has 2 rings (SSSR count). The van der Waals surface area contributed by atoms with Gasteiger partial charge < -0.3 is 19.8 Å². The standard InChI is InChI=1S/C22H29NO5/c24-19(17-28-20-10-4-3-5-11-20)15-14-18-9-8-12-21(25)23(18)16-7-2-1-6-13-22(26)27/h2-5,7,10-11,14-15,18-19,24H,1,6,8-9,12-13,16-17H2,(H,26,27)/b7-2-,15-14+/t18-,19?/m1/s1. The van der Waals surface area contributed by atoms with E-state index >= 15 is 0 Å². The Morgan fingerprint density at radius 3 is 2.82 bits per heavy atom. The van der Waals surface area contributed by atoms with E-state index in [0.717, 1.165) is 12.8 Å². The van der Waals surface area contributed by atoms with E-state index in [1.165, 1.54) is 0 Å². The average molecular weight is 387 g/mol. The molecule has 1 unspecified atom stereocenters. The first-order chi connectivity index (χ1) is 13.6. The number of ether oxygens (including phenoxy) is 1. The van der Waals surface area contributed by atoms with Crippen LogP contribution in [-0.4, -0.2) is 52.3 Å². The highest BCUT2D eigenvalue weighted by Gasteiger charge is 2.25. The third-order valence-corrected chi connectivity index (χ3v) is 4.56. The van der Waals surface area contributed by atoms with Crippen molar-refractivity contribution in [1.82, 2.24) is 4.90 Å². The van der Waals surface area contributed by atoms with Crippen LogP contribution in [0, 0.1) is 0 Å². The highest BCUT2D eigenvalue weighted by Crippen LogP contribution is 2.19. The summed E-state index contributed by atoms with van der Waals surface area (Å²) in [7, 11) is 0. The van der Waals surface area contributed by atoms with Gasteiger partial charge in [0.1, 0.15) is 18.5 Å². The molecular weight excluding hydrogens is 358 g/mol. The van der Waals surface area contributed by atoms with Crippen LogP contribution in [0.2, 0.25) is 0 Å². The van der Waals surface area contributed by atoms with Crippen molar-refractivity contribution in [3.05, 3.63) is 54.6 Å². The molecule has 1 aromatic rings. The number of rotatable bonds is 11. The second kappa shape index (κ2) is 12.0. The van der Waals surface area contributed by atoms with Gasteiger partial charge in [0.2, 0.25) is 5.91 Å². The zero-order valence-corrected chi connectivity index (χ0v) is 16.1. The number of carbonyl (C=O) groups is 2. The van der Waals surface area contributed by atoms with Crippen LogP contribution in [0.4, 0.5) is 0 Å². The molecular formula is C22H29NO5. The number of benzene rings is 1. The third-order valence-electron chi connectivity index (χ3n) is 4.56. The minimum atomic E-state index is -0.792. The smallest absolute Gasteiger partial charge is 0.303 e. The predicted molar refractivity (Wildman–Crippen MR) is 107 cm³/mol. The van der Waals surface area contributed by atoms with Crippen LogP contribution in [0.1, 0.15) is 38.5 Å². The number of allylic oxidation sites excluding steroid dienone is 1. The minimum absolute atomic E-state index is 0.0451. The molecule has 0 saturated carbocycles. The summed E-state index contributed by atoms with van der Waals surface area (Å²) in [6.45, 7) is 0.655. The van der Waals surface area contributed by atoms with Gasteiger partial charge in [-0.2, -0.15) is 0 Å². The van der Waals surface area contributed by atoms with Crippen molar-refractivity contribution in [3.63, 3.8) is 0 Å². The van der Waals surface area contributed by atoms with Crippen LogP contribution in [0.3, 0.4) is 0 Å². The van der Waals surface area contributed by atoms with Crippen LogP contribution >= 0.6 is 0 Å². The summed E-state index contributed by atoms with van der Waals surface area (Å²) in [5.74, 6) is 0.0168. The average Bonchev–Trinajstić information content (AvgIpc) is 2.69. The van der Waals surface area contributed by atoms with E-state index in [1.54, 1.807) is 11.0 Å². The lowest BCUT2D eigenvalue weighted by molar-refractivity contribution is -0.137. The molecule has 1 aliphatic rings. The Labute approximate surface area is 166 Å². The van der Waals surface area contributed by atoms with Crippen molar-refractivity contribution in [1.29, 1.82) is 0 Å². The molecule has 6 heteroatoms. The fourth-order valence-corrected chi connectivity index (χ4v) is 3.07. The number of piperidine rings is 1. The summed E-state index contributed by atoms with van der Waals surface area (Å²) in [5.41, 5.74) is 0. The van der Waals surface area contributed by atoms with Gasteiger partial charge in [0, 0.05) is 19.4 Å². The molecule has 0 spiro atoms. The Hall–Kier alpha value is -2.60. The van der Waals surface area contributed by atoms with Gasteiger partial charge in [-0.15, -0.1) is 0 Å². The van der Waals surface area contributed by atoms with Crippen molar-refractivity contribution >= 4 is 11.9 Å². The van der Waals surface area contributed by atoms with Crippen molar-refractivity contribution < 1.29 is 24.5 Å². The first-order valence-corrected chi connectivity index (χ1v) is 9.77. The molecule has 28 heavy (non-hydrogen) atoms. The molecule has 0 bridgehead atoms. The largest absolute Gasteiger partial charge is 0.491 e. The number of likely N-dealkylation sites (tertiary alicyclic amines) is 1. The Bertz CT molecular complexity index is 671. The van der Waals surface area contributed by atoms with E-state index < -0.39 is 12.1 Å². The van der Waals surface area contributed by atoms with Gasteiger partial charge in [0.15, 0.2) is 0 Å². The van der Waals surface area contributed by atoms with Crippen LogP contribution in [-0.2, 0) is 9.59 Å². The number of unbranched alkanes of at least 4 members (excludes halogenated alkanes) is 1. The molecule has 152 valence electrons. The number of hydrogen-bond acceptors (Lipinski definition) is 4. The summed E-state index contributed by atoms with van der Waals surface area (Å²) in [4.78, 5) is 24.6. The van der Waals surface area contributed by atoms with Gasteiger partial charge >= 0.3 is 5.97 Å². The molecule has 6 nitrogen and oxygen atoms in total. The van der Waals surface area contributed by atoms with Gasteiger partial charge in [0.05, 0.1) is 6.04 Å². The topological polar surface area (TPSA) is 87.1 Å². The van der Waals surface area contributed by atoms with Gasteiger partial charge in [-0.1, -0.05) is 42.5 Å². The number of carboxylic acid groups (broad SMARTS) is 1. The fraction of sp³-hybridized carbons (Fsp3) is 0.455. The maximum atomic E-state index is 12.3. The van der Waals surface area contributed by atoms with Crippen LogP contribution in [0.5, 0.6) is 5.75 Å². The number of carbonyl (C=O) groups excluding carboxylic acids is 1. The Balaban J connectivity index is 1.81. The van der Waals surface area contributed by atoms with Crippen LogP contribution in [0.15, 0.2) is 54.6 Å². The maximum absolute atomic E-state index is 12.3. The number of aliphatic hydroxyl groups is 1. The van der Waals surface area contributed by atoms with E-state index in [1.807, 2.05) is 48.6 Å². The van der Waals surface area contributed by atoms with E-state index in [4.69, 9.17) is 9.84 Å². The van der Waals surface area contributed by atoms with E-state index in [9.17, 15) is 14.7 Å². The van der Waals surface area contributed by atoms with Crippen molar-refractivity contribution in [2.24, 2.45) is 0 Å². The number of amides is 1. The lowest BCUT2D eigenvalue weighted by Crippen LogP contribution is -2.42. The lowest BCUT2D eigenvalue weighted by Gasteiger charge is -2.33.